The molecule has 0 aliphatic heterocycles. The molecule has 0 saturated carbocycles. The summed E-state index contributed by atoms with van der Waals surface area (Å²) < 4.78 is 15.0. The third-order valence-corrected chi connectivity index (χ3v) is 6.13. The van der Waals surface area contributed by atoms with Gasteiger partial charge in [-0.25, -0.2) is 9.07 Å². The van der Waals surface area contributed by atoms with Gasteiger partial charge in [-0.2, -0.15) is 0 Å². The molecule has 0 unspecified atom stereocenters. The number of rotatable bonds is 9. The average Bonchev–Trinajstić information content (AvgIpc) is 3.32. The molecule has 0 saturated heterocycles. The van der Waals surface area contributed by atoms with Gasteiger partial charge in [0.1, 0.15) is 5.82 Å². The fourth-order valence-electron chi connectivity index (χ4n) is 4.22. The standard InChI is InChI=1S/C27H26FN7O/c1-2-19-7-10-25-22(12-19)13-23(27(36)30-25)17-34(15-21-4-3-11-29-14-21)18-26-31-32-33-35(26)16-20-5-8-24(28)9-6-20/h3-14H,2,15-18H2,1H3,(H,30,36). The SMILES string of the molecule is CCc1ccc2[nH]c(=O)c(CN(Cc3cccnc3)Cc3nnnn3Cc3ccc(F)cc3)cc2c1. The van der Waals surface area contributed by atoms with Crippen molar-refractivity contribution in [2.24, 2.45) is 0 Å². The second kappa shape index (κ2) is 10.6. The Hall–Kier alpha value is -4.24. The Morgan fingerprint density at radius 2 is 1.81 bits per heavy atom. The lowest BCUT2D eigenvalue weighted by molar-refractivity contribution is 0.235. The highest BCUT2D eigenvalue weighted by molar-refractivity contribution is 5.79. The molecule has 0 fully saturated rings. The van der Waals surface area contributed by atoms with Crippen LogP contribution in [0.3, 0.4) is 0 Å². The van der Waals surface area contributed by atoms with Gasteiger partial charge in [0, 0.05) is 36.6 Å². The van der Waals surface area contributed by atoms with Gasteiger partial charge in [-0.15, -0.1) is 5.10 Å². The number of pyridine rings is 2. The van der Waals surface area contributed by atoms with Crippen molar-refractivity contribution in [2.75, 3.05) is 0 Å². The van der Waals surface area contributed by atoms with Gasteiger partial charge in [0.25, 0.3) is 5.56 Å². The Labute approximate surface area is 207 Å². The number of H-pyrrole nitrogens is 1. The predicted octanol–water partition coefficient (Wildman–Crippen LogP) is 3.86. The minimum Gasteiger partial charge on any atom is -0.322 e. The summed E-state index contributed by atoms with van der Waals surface area (Å²) in [5.74, 6) is 0.360. The second-order valence-corrected chi connectivity index (χ2v) is 8.78. The molecule has 0 radical (unpaired) electrons. The van der Waals surface area contributed by atoms with Crippen molar-refractivity contribution in [1.29, 1.82) is 0 Å². The normalized spacial score (nSPS) is 11.4. The van der Waals surface area contributed by atoms with Crippen LogP contribution in [0.15, 0.2) is 77.9 Å². The summed E-state index contributed by atoms with van der Waals surface area (Å²) >= 11 is 0. The first kappa shape index (κ1) is 23.5. The number of nitrogens with zero attached hydrogens (tertiary/aromatic N) is 6. The molecule has 0 atom stereocenters. The summed E-state index contributed by atoms with van der Waals surface area (Å²) in [6.45, 7) is 3.90. The number of benzene rings is 2. The van der Waals surface area contributed by atoms with E-state index in [1.807, 2.05) is 36.5 Å². The minimum atomic E-state index is -0.287. The highest BCUT2D eigenvalue weighted by atomic mass is 19.1. The number of hydrogen-bond acceptors (Lipinski definition) is 6. The van der Waals surface area contributed by atoms with Crippen LogP contribution in [-0.2, 0) is 32.6 Å². The van der Waals surface area contributed by atoms with Crippen LogP contribution in [0.25, 0.3) is 10.9 Å². The van der Waals surface area contributed by atoms with E-state index in [2.05, 4.69) is 43.4 Å². The first-order chi connectivity index (χ1) is 17.6. The van der Waals surface area contributed by atoms with Crippen molar-refractivity contribution >= 4 is 10.9 Å². The number of aryl methyl sites for hydroxylation is 1. The van der Waals surface area contributed by atoms with Crippen molar-refractivity contribution in [1.82, 2.24) is 35.1 Å². The topological polar surface area (TPSA) is 92.6 Å². The van der Waals surface area contributed by atoms with Gasteiger partial charge in [0.15, 0.2) is 5.82 Å². The summed E-state index contributed by atoms with van der Waals surface area (Å²) in [6.07, 6.45) is 4.47. The van der Waals surface area contributed by atoms with Gasteiger partial charge in [-0.05, 0) is 75.3 Å². The zero-order valence-electron chi connectivity index (χ0n) is 19.9. The molecule has 3 heterocycles. The molecule has 0 aliphatic carbocycles. The molecular formula is C27H26FN7O. The zero-order chi connectivity index (χ0) is 24.9. The molecule has 182 valence electrons. The Balaban J connectivity index is 1.43. The third-order valence-electron chi connectivity index (χ3n) is 6.13. The highest BCUT2D eigenvalue weighted by Crippen LogP contribution is 2.17. The first-order valence-electron chi connectivity index (χ1n) is 11.8. The lowest BCUT2D eigenvalue weighted by Gasteiger charge is -2.22. The quantitative estimate of drug-likeness (QED) is 0.342. The average molecular weight is 484 g/mol. The highest BCUT2D eigenvalue weighted by Gasteiger charge is 2.16. The van der Waals surface area contributed by atoms with Crippen molar-refractivity contribution in [3.63, 3.8) is 0 Å². The van der Waals surface area contributed by atoms with Crippen LogP contribution in [0, 0.1) is 5.82 Å². The summed E-state index contributed by atoms with van der Waals surface area (Å²) in [5, 5.41) is 13.2. The summed E-state index contributed by atoms with van der Waals surface area (Å²) in [5.41, 5.74) is 4.49. The third kappa shape index (κ3) is 5.52. The Kier molecular flexibility index (Phi) is 6.90. The van der Waals surface area contributed by atoms with Gasteiger partial charge in [-0.1, -0.05) is 31.2 Å². The molecule has 0 spiro atoms. The largest absolute Gasteiger partial charge is 0.322 e. The Morgan fingerprint density at radius 3 is 2.58 bits per heavy atom. The van der Waals surface area contributed by atoms with Gasteiger partial charge in [0.2, 0.25) is 0 Å². The van der Waals surface area contributed by atoms with E-state index in [4.69, 9.17) is 0 Å². The van der Waals surface area contributed by atoms with E-state index >= 15 is 0 Å². The Bertz CT molecular complexity index is 1510. The van der Waals surface area contributed by atoms with E-state index < -0.39 is 0 Å². The van der Waals surface area contributed by atoms with Crippen LogP contribution in [0.2, 0.25) is 0 Å². The van der Waals surface area contributed by atoms with Crippen LogP contribution in [0.4, 0.5) is 4.39 Å². The van der Waals surface area contributed by atoms with E-state index in [0.29, 0.717) is 37.6 Å². The molecule has 9 heteroatoms. The molecule has 0 bridgehead atoms. The summed E-state index contributed by atoms with van der Waals surface area (Å²) in [4.78, 5) is 22.3. The van der Waals surface area contributed by atoms with Crippen LogP contribution in [-0.4, -0.2) is 35.1 Å². The number of aromatic amines is 1. The van der Waals surface area contributed by atoms with E-state index in [-0.39, 0.29) is 11.4 Å². The molecular weight excluding hydrogens is 457 g/mol. The number of hydrogen-bond donors (Lipinski definition) is 1. The molecule has 8 nitrogen and oxygen atoms in total. The minimum absolute atomic E-state index is 0.117. The molecule has 1 N–H and O–H groups in total. The molecule has 5 aromatic rings. The lowest BCUT2D eigenvalue weighted by Crippen LogP contribution is -2.28. The van der Waals surface area contributed by atoms with Gasteiger partial charge in [0.05, 0.1) is 13.1 Å². The number of nitrogens with one attached hydrogen (secondary N) is 1. The second-order valence-electron chi connectivity index (χ2n) is 8.78. The van der Waals surface area contributed by atoms with Crippen molar-refractivity contribution in [3.8, 4) is 0 Å². The van der Waals surface area contributed by atoms with Crippen molar-refractivity contribution in [3.05, 3.63) is 117 Å². The maximum atomic E-state index is 13.3. The van der Waals surface area contributed by atoms with Crippen molar-refractivity contribution < 1.29 is 4.39 Å². The number of tetrazole rings is 1. The van der Waals surface area contributed by atoms with Crippen LogP contribution in [0.5, 0.6) is 0 Å². The predicted molar refractivity (Wildman–Crippen MR) is 134 cm³/mol. The molecule has 2 aromatic carbocycles. The fraction of sp³-hybridized carbons (Fsp3) is 0.222. The molecule has 3 aromatic heterocycles. The van der Waals surface area contributed by atoms with Crippen LogP contribution in [0.1, 0.15) is 35.0 Å². The van der Waals surface area contributed by atoms with E-state index in [1.165, 1.54) is 17.7 Å². The monoisotopic (exact) mass is 483 g/mol. The molecule has 5 rings (SSSR count). The van der Waals surface area contributed by atoms with Gasteiger partial charge < -0.3 is 4.98 Å². The van der Waals surface area contributed by atoms with Crippen molar-refractivity contribution in [2.45, 2.75) is 39.5 Å². The number of fused-ring (bicyclic) bond motifs is 1. The lowest BCUT2D eigenvalue weighted by atomic mass is 10.1. The smallest absolute Gasteiger partial charge is 0.252 e. The van der Waals surface area contributed by atoms with E-state index in [0.717, 1.165) is 28.5 Å². The maximum absolute atomic E-state index is 13.3. The van der Waals surface area contributed by atoms with E-state index in [9.17, 15) is 9.18 Å². The summed E-state index contributed by atoms with van der Waals surface area (Å²) in [6, 6.07) is 18.2. The Morgan fingerprint density at radius 1 is 0.972 bits per heavy atom. The number of halogens is 1. The maximum Gasteiger partial charge on any atom is 0.252 e. The van der Waals surface area contributed by atoms with Crippen LogP contribution < -0.4 is 5.56 Å². The molecule has 36 heavy (non-hydrogen) atoms. The molecule has 0 amide bonds. The first-order valence-corrected chi connectivity index (χ1v) is 11.8. The van der Waals surface area contributed by atoms with Crippen LogP contribution >= 0.6 is 0 Å². The number of aromatic nitrogens is 6. The fourth-order valence-corrected chi connectivity index (χ4v) is 4.22. The van der Waals surface area contributed by atoms with Gasteiger partial charge >= 0.3 is 0 Å². The molecule has 0 aliphatic rings. The zero-order valence-corrected chi connectivity index (χ0v) is 19.9. The van der Waals surface area contributed by atoms with Gasteiger partial charge in [-0.3, -0.25) is 14.7 Å². The summed E-state index contributed by atoms with van der Waals surface area (Å²) in [7, 11) is 0. The van der Waals surface area contributed by atoms with E-state index in [1.54, 1.807) is 23.0 Å².